The van der Waals surface area contributed by atoms with Gasteiger partial charge in [-0.15, -0.1) is 0 Å². The Kier molecular flexibility index (Phi) is 3.98. The number of hydrogen-bond acceptors (Lipinski definition) is 2. The van der Waals surface area contributed by atoms with Crippen molar-refractivity contribution in [3.05, 3.63) is 22.7 Å². The molecule has 0 saturated heterocycles. The van der Waals surface area contributed by atoms with Crippen molar-refractivity contribution in [3.8, 4) is 0 Å². The highest BCUT2D eigenvalue weighted by molar-refractivity contribution is 9.11. The number of methoxy groups -OCH3 is 1. The third kappa shape index (κ3) is 2.44. The zero-order valence-electron chi connectivity index (χ0n) is 7.03. The summed E-state index contributed by atoms with van der Waals surface area (Å²) >= 11 is 3.39. The third-order valence-corrected chi connectivity index (χ3v) is 2.50. The Balaban J connectivity index is 2.61. The van der Waals surface area contributed by atoms with Crippen LogP contribution >= 0.6 is 15.9 Å². The van der Waals surface area contributed by atoms with Crippen LogP contribution in [0.15, 0.2) is 22.7 Å². The van der Waals surface area contributed by atoms with Gasteiger partial charge in [0.2, 0.25) is 0 Å². The maximum absolute atomic E-state index is 8.79. The van der Waals surface area contributed by atoms with E-state index in [2.05, 4.69) is 22.0 Å². The van der Waals surface area contributed by atoms with E-state index in [0.29, 0.717) is 5.92 Å². The van der Waals surface area contributed by atoms with Gasteiger partial charge in [0, 0.05) is 24.1 Å². The largest absolute Gasteiger partial charge is 0.396 e. The summed E-state index contributed by atoms with van der Waals surface area (Å²) in [5, 5.41) is 8.79. The van der Waals surface area contributed by atoms with Crippen LogP contribution in [0.1, 0.15) is 6.42 Å². The lowest BCUT2D eigenvalue weighted by atomic mass is 9.95. The highest BCUT2D eigenvalue weighted by Gasteiger charge is 2.18. The number of halogens is 1. The Bertz CT molecular complexity index is 199. The van der Waals surface area contributed by atoms with Gasteiger partial charge in [0.1, 0.15) is 0 Å². The van der Waals surface area contributed by atoms with Crippen LogP contribution in [0, 0.1) is 5.92 Å². The van der Waals surface area contributed by atoms with Crippen LogP contribution in [0.3, 0.4) is 0 Å². The van der Waals surface area contributed by atoms with Gasteiger partial charge >= 0.3 is 0 Å². The molecule has 2 unspecified atom stereocenters. The van der Waals surface area contributed by atoms with E-state index >= 15 is 0 Å². The van der Waals surface area contributed by atoms with Gasteiger partial charge in [0.25, 0.3) is 0 Å². The SMILES string of the molecule is COC1C=CC(Br)=CC1CCO. The molecule has 1 N–H and O–H groups in total. The summed E-state index contributed by atoms with van der Waals surface area (Å²) in [7, 11) is 1.69. The molecule has 68 valence electrons. The standard InChI is InChI=1S/C9H13BrO2/c1-12-9-3-2-8(10)6-7(9)4-5-11/h2-3,6-7,9,11H,4-5H2,1H3. The first-order valence-electron chi connectivity index (χ1n) is 3.97. The van der Waals surface area contributed by atoms with Crippen molar-refractivity contribution in [2.24, 2.45) is 5.92 Å². The molecule has 0 amide bonds. The van der Waals surface area contributed by atoms with E-state index in [1.165, 1.54) is 0 Å². The van der Waals surface area contributed by atoms with Crippen LogP contribution in [0.2, 0.25) is 0 Å². The monoisotopic (exact) mass is 232 g/mol. The molecule has 2 nitrogen and oxygen atoms in total. The fourth-order valence-electron chi connectivity index (χ4n) is 1.33. The van der Waals surface area contributed by atoms with Gasteiger partial charge < -0.3 is 9.84 Å². The topological polar surface area (TPSA) is 29.5 Å². The molecule has 0 fully saturated rings. The highest BCUT2D eigenvalue weighted by atomic mass is 79.9. The Labute approximate surface area is 81.0 Å². The molecular formula is C9H13BrO2. The normalized spacial score (nSPS) is 28.8. The fraction of sp³-hybridized carbons (Fsp3) is 0.556. The molecule has 1 rings (SSSR count). The molecular weight excluding hydrogens is 220 g/mol. The van der Waals surface area contributed by atoms with Crippen LogP contribution < -0.4 is 0 Å². The number of allylic oxidation sites excluding steroid dienone is 2. The minimum atomic E-state index is 0.110. The average Bonchev–Trinajstić information content (AvgIpc) is 2.05. The molecule has 0 saturated carbocycles. The zero-order chi connectivity index (χ0) is 8.97. The molecule has 1 aliphatic rings. The number of aliphatic hydroxyl groups excluding tert-OH is 1. The number of aliphatic hydroxyl groups is 1. The Morgan fingerprint density at radius 3 is 3.00 bits per heavy atom. The van der Waals surface area contributed by atoms with Gasteiger partial charge in [-0.3, -0.25) is 0 Å². The minimum absolute atomic E-state index is 0.110. The fourth-order valence-corrected chi connectivity index (χ4v) is 1.83. The van der Waals surface area contributed by atoms with Gasteiger partial charge in [0.15, 0.2) is 0 Å². The maximum Gasteiger partial charge on any atom is 0.0819 e. The highest BCUT2D eigenvalue weighted by Crippen LogP contribution is 2.24. The molecule has 12 heavy (non-hydrogen) atoms. The van der Waals surface area contributed by atoms with Crippen molar-refractivity contribution in [1.82, 2.24) is 0 Å². The molecule has 3 heteroatoms. The van der Waals surface area contributed by atoms with Gasteiger partial charge in [-0.2, -0.15) is 0 Å². The van der Waals surface area contributed by atoms with Crippen molar-refractivity contribution in [2.75, 3.05) is 13.7 Å². The second-order valence-electron chi connectivity index (χ2n) is 2.79. The Hall–Kier alpha value is -0.120. The molecule has 0 aliphatic heterocycles. The summed E-state index contributed by atoms with van der Waals surface area (Å²) in [4.78, 5) is 0. The van der Waals surface area contributed by atoms with Gasteiger partial charge in [-0.05, 0) is 12.5 Å². The number of rotatable bonds is 3. The number of ether oxygens (including phenoxy) is 1. The van der Waals surface area contributed by atoms with Crippen LogP contribution in [0.25, 0.3) is 0 Å². The van der Waals surface area contributed by atoms with E-state index < -0.39 is 0 Å². The molecule has 0 aromatic carbocycles. The second-order valence-corrected chi connectivity index (χ2v) is 3.70. The van der Waals surface area contributed by atoms with Crippen molar-refractivity contribution < 1.29 is 9.84 Å². The summed E-state index contributed by atoms with van der Waals surface area (Å²) in [6.07, 6.45) is 6.91. The summed E-state index contributed by atoms with van der Waals surface area (Å²) < 4.78 is 6.31. The van der Waals surface area contributed by atoms with E-state index in [1.54, 1.807) is 7.11 Å². The maximum atomic E-state index is 8.79. The lowest BCUT2D eigenvalue weighted by Gasteiger charge is -2.22. The van der Waals surface area contributed by atoms with E-state index in [9.17, 15) is 0 Å². The summed E-state index contributed by atoms with van der Waals surface area (Å²) in [6, 6.07) is 0. The first kappa shape index (κ1) is 9.96. The van der Waals surface area contributed by atoms with Crippen molar-refractivity contribution in [2.45, 2.75) is 12.5 Å². The third-order valence-electron chi connectivity index (χ3n) is 1.98. The molecule has 0 heterocycles. The predicted octanol–water partition coefficient (Wildman–Crippen LogP) is 1.85. The predicted molar refractivity (Wildman–Crippen MR) is 52.1 cm³/mol. The smallest absolute Gasteiger partial charge is 0.0819 e. The summed E-state index contributed by atoms with van der Waals surface area (Å²) in [5.41, 5.74) is 0. The van der Waals surface area contributed by atoms with Gasteiger partial charge in [-0.25, -0.2) is 0 Å². The van der Waals surface area contributed by atoms with E-state index in [0.717, 1.165) is 10.9 Å². The van der Waals surface area contributed by atoms with Crippen LogP contribution in [0.4, 0.5) is 0 Å². The Morgan fingerprint density at radius 1 is 1.67 bits per heavy atom. The van der Waals surface area contributed by atoms with Crippen LogP contribution in [0.5, 0.6) is 0 Å². The first-order chi connectivity index (χ1) is 5.77. The van der Waals surface area contributed by atoms with E-state index in [4.69, 9.17) is 9.84 Å². The quantitative estimate of drug-likeness (QED) is 0.806. The molecule has 1 aliphatic carbocycles. The Morgan fingerprint density at radius 2 is 2.42 bits per heavy atom. The molecule has 0 aromatic heterocycles. The summed E-state index contributed by atoms with van der Waals surface area (Å²) in [6.45, 7) is 0.204. The first-order valence-corrected chi connectivity index (χ1v) is 4.76. The molecule has 0 bridgehead atoms. The van der Waals surface area contributed by atoms with E-state index in [1.807, 2.05) is 12.2 Å². The molecule has 0 spiro atoms. The average molecular weight is 233 g/mol. The minimum Gasteiger partial charge on any atom is -0.396 e. The second kappa shape index (κ2) is 4.80. The molecule has 0 radical (unpaired) electrons. The van der Waals surface area contributed by atoms with Gasteiger partial charge in [-0.1, -0.05) is 28.1 Å². The summed E-state index contributed by atoms with van der Waals surface area (Å²) in [5.74, 6) is 0.291. The lowest BCUT2D eigenvalue weighted by Crippen LogP contribution is -2.22. The lowest BCUT2D eigenvalue weighted by molar-refractivity contribution is 0.0933. The molecule has 2 atom stereocenters. The van der Waals surface area contributed by atoms with Crippen molar-refractivity contribution in [1.29, 1.82) is 0 Å². The van der Waals surface area contributed by atoms with Gasteiger partial charge in [0.05, 0.1) is 6.10 Å². The zero-order valence-corrected chi connectivity index (χ0v) is 8.62. The van der Waals surface area contributed by atoms with E-state index in [-0.39, 0.29) is 12.7 Å². The van der Waals surface area contributed by atoms with Crippen LogP contribution in [-0.4, -0.2) is 24.9 Å². The van der Waals surface area contributed by atoms with Crippen molar-refractivity contribution in [3.63, 3.8) is 0 Å². The van der Waals surface area contributed by atoms with Crippen molar-refractivity contribution >= 4 is 15.9 Å². The molecule has 0 aromatic rings. The number of hydrogen-bond donors (Lipinski definition) is 1. The van der Waals surface area contributed by atoms with Crippen LogP contribution in [-0.2, 0) is 4.74 Å².